The molecular formula is C23H29N3O3. The van der Waals surface area contributed by atoms with Crippen molar-refractivity contribution >= 4 is 17.5 Å². The average Bonchev–Trinajstić information content (AvgIpc) is 2.73. The number of rotatable bonds is 7. The number of para-hydroxylation sites is 1. The number of carbonyl (C=O) groups is 2. The number of anilines is 1. The van der Waals surface area contributed by atoms with Crippen LogP contribution in [-0.4, -0.2) is 45.2 Å². The quantitative estimate of drug-likeness (QED) is 0.673. The highest BCUT2D eigenvalue weighted by atomic mass is 16.5. The van der Waals surface area contributed by atoms with Gasteiger partial charge >= 0.3 is 0 Å². The fourth-order valence-corrected chi connectivity index (χ4v) is 3.77. The van der Waals surface area contributed by atoms with Gasteiger partial charge in [-0.05, 0) is 57.1 Å². The molecule has 1 saturated heterocycles. The molecule has 154 valence electrons. The van der Waals surface area contributed by atoms with Gasteiger partial charge in [-0.25, -0.2) is 0 Å². The van der Waals surface area contributed by atoms with E-state index in [4.69, 9.17) is 4.74 Å². The van der Waals surface area contributed by atoms with Gasteiger partial charge in [0, 0.05) is 24.6 Å². The van der Waals surface area contributed by atoms with Crippen LogP contribution >= 0.6 is 0 Å². The summed E-state index contributed by atoms with van der Waals surface area (Å²) in [7, 11) is 1.70. The maximum atomic E-state index is 12.9. The molecule has 29 heavy (non-hydrogen) atoms. The molecule has 0 radical (unpaired) electrons. The molecule has 6 heteroatoms. The fourth-order valence-electron chi connectivity index (χ4n) is 3.77. The number of benzene rings is 2. The average molecular weight is 396 g/mol. The van der Waals surface area contributed by atoms with E-state index in [2.05, 4.69) is 16.0 Å². The zero-order chi connectivity index (χ0) is 20.7. The lowest BCUT2D eigenvalue weighted by Gasteiger charge is -2.37. The minimum atomic E-state index is -0.233. The summed E-state index contributed by atoms with van der Waals surface area (Å²) in [6.45, 7) is 4.93. The molecule has 0 aromatic heterocycles. The van der Waals surface area contributed by atoms with E-state index in [0.717, 1.165) is 31.5 Å². The highest BCUT2D eigenvalue weighted by molar-refractivity contribution is 6.09. The summed E-state index contributed by atoms with van der Waals surface area (Å²) < 4.78 is 5.42. The van der Waals surface area contributed by atoms with Crippen LogP contribution < -0.4 is 16.0 Å². The van der Waals surface area contributed by atoms with Gasteiger partial charge in [0.25, 0.3) is 11.8 Å². The Hall–Kier alpha value is -2.70. The molecule has 1 aliphatic rings. The number of hydrogen-bond acceptors (Lipinski definition) is 4. The van der Waals surface area contributed by atoms with Gasteiger partial charge in [0.15, 0.2) is 0 Å². The topological polar surface area (TPSA) is 79.5 Å². The Morgan fingerprint density at radius 3 is 2.55 bits per heavy atom. The Morgan fingerprint density at radius 2 is 1.83 bits per heavy atom. The Morgan fingerprint density at radius 1 is 1.07 bits per heavy atom. The minimum Gasteiger partial charge on any atom is -0.384 e. The molecule has 3 N–H and O–H groups in total. The summed E-state index contributed by atoms with van der Waals surface area (Å²) in [5.41, 5.74) is 2.47. The van der Waals surface area contributed by atoms with E-state index in [9.17, 15) is 9.59 Å². The van der Waals surface area contributed by atoms with Crippen molar-refractivity contribution in [1.29, 1.82) is 0 Å². The lowest BCUT2D eigenvalue weighted by Crippen LogP contribution is -2.47. The number of amides is 2. The van der Waals surface area contributed by atoms with Gasteiger partial charge in [-0.2, -0.15) is 0 Å². The van der Waals surface area contributed by atoms with E-state index in [1.807, 2.05) is 31.2 Å². The van der Waals surface area contributed by atoms with Crippen LogP contribution in [0.15, 0.2) is 48.5 Å². The third-order valence-electron chi connectivity index (χ3n) is 5.44. The highest BCUT2D eigenvalue weighted by Gasteiger charge is 2.32. The van der Waals surface area contributed by atoms with E-state index in [1.165, 1.54) is 0 Å². The molecule has 0 spiro atoms. The number of methoxy groups -OCH3 is 1. The standard InChI is InChI=1S/C23H29N3O3/c1-17-6-5-7-18(14-17)21(27)26-20-9-4-3-8-19(20)22(28)25-15-23(16-29-2)10-12-24-13-11-23/h3-9,14,24H,10-13,15-16H2,1-2H3,(H,25,28)(H,26,27). The van der Waals surface area contributed by atoms with Crippen LogP contribution in [0.25, 0.3) is 0 Å². The molecular weight excluding hydrogens is 366 g/mol. The van der Waals surface area contributed by atoms with Crippen LogP contribution in [0.1, 0.15) is 39.1 Å². The monoisotopic (exact) mass is 395 g/mol. The summed E-state index contributed by atoms with van der Waals surface area (Å²) in [6.07, 6.45) is 1.90. The molecule has 3 rings (SSSR count). The summed E-state index contributed by atoms with van der Waals surface area (Å²) in [4.78, 5) is 25.5. The van der Waals surface area contributed by atoms with E-state index in [0.29, 0.717) is 30.0 Å². The minimum absolute atomic E-state index is 0.0601. The highest BCUT2D eigenvalue weighted by Crippen LogP contribution is 2.28. The molecule has 0 saturated carbocycles. The second-order valence-electron chi connectivity index (χ2n) is 7.73. The second kappa shape index (κ2) is 9.67. The first kappa shape index (κ1) is 21.0. The van der Waals surface area contributed by atoms with Crippen molar-refractivity contribution in [2.45, 2.75) is 19.8 Å². The molecule has 0 unspecified atom stereocenters. The molecule has 2 amide bonds. The van der Waals surface area contributed by atoms with Crippen LogP contribution in [0.3, 0.4) is 0 Å². The summed E-state index contributed by atoms with van der Waals surface area (Å²) in [6, 6.07) is 14.4. The first-order chi connectivity index (χ1) is 14.0. The van der Waals surface area contributed by atoms with Gasteiger partial charge in [0.2, 0.25) is 0 Å². The van der Waals surface area contributed by atoms with Gasteiger partial charge in [0.1, 0.15) is 0 Å². The Bertz CT molecular complexity index is 854. The Labute approximate surface area is 172 Å². The van der Waals surface area contributed by atoms with Gasteiger partial charge < -0.3 is 20.7 Å². The van der Waals surface area contributed by atoms with Gasteiger partial charge in [0.05, 0.1) is 17.9 Å². The van der Waals surface area contributed by atoms with Crippen LogP contribution in [-0.2, 0) is 4.74 Å². The molecule has 2 aromatic carbocycles. The molecule has 1 aliphatic heterocycles. The lowest BCUT2D eigenvalue weighted by atomic mass is 9.79. The van der Waals surface area contributed by atoms with Crippen molar-refractivity contribution in [3.05, 3.63) is 65.2 Å². The first-order valence-corrected chi connectivity index (χ1v) is 9.98. The first-order valence-electron chi connectivity index (χ1n) is 9.98. The third-order valence-corrected chi connectivity index (χ3v) is 5.44. The zero-order valence-corrected chi connectivity index (χ0v) is 17.1. The molecule has 0 atom stereocenters. The molecule has 6 nitrogen and oxygen atoms in total. The normalized spacial score (nSPS) is 15.5. The van der Waals surface area contributed by atoms with Crippen molar-refractivity contribution in [2.75, 3.05) is 38.7 Å². The predicted molar refractivity (Wildman–Crippen MR) is 114 cm³/mol. The number of carbonyl (C=O) groups excluding carboxylic acids is 2. The van der Waals surface area contributed by atoms with Crippen molar-refractivity contribution in [3.8, 4) is 0 Å². The van der Waals surface area contributed by atoms with Crippen LogP contribution in [0.2, 0.25) is 0 Å². The van der Waals surface area contributed by atoms with Gasteiger partial charge in [-0.3, -0.25) is 9.59 Å². The largest absolute Gasteiger partial charge is 0.384 e. The molecule has 1 heterocycles. The van der Waals surface area contributed by atoms with E-state index < -0.39 is 0 Å². The predicted octanol–water partition coefficient (Wildman–Crippen LogP) is 2.99. The number of hydrogen-bond donors (Lipinski definition) is 3. The fraction of sp³-hybridized carbons (Fsp3) is 0.391. The second-order valence-corrected chi connectivity index (χ2v) is 7.73. The smallest absolute Gasteiger partial charge is 0.255 e. The number of nitrogens with one attached hydrogen (secondary N) is 3. The van der Waals surface area contributed by atoms with Crippen LogP contribution in [0.5, 0.6) is 0 Å². The van der Waals surface area contributed by atoms with Gasteiger partial charge in [-0.1, -0.05) is 29.8 Å². The Balaban J connectivity index is 1.70. The summed E-state index contributed by atoms with van der Waals surface area (Å²) in [5, 5.41) is 9.28. The molecule has 0 aliphatic carbocycles. The van der Waals surface area contributed by atoms with E-state index in [-0.39, 0.29) is 17.2 Å². The van der Waals surface area contributed by atoms with Gasteiger partial charge in [-0.15, -0.1) is 0 Å². The molecule has 2 aromatic rings. The maximum Gasteiger partial charge on any atom is 0.255 e. The summed E-state index contributed by atoms with van der Waals surface area (Å²) >= 11 is 0. The van der Waals surface area contributed by atoms with Crippen LogP contribution in [0, 0.1) is 12.3 Å². The zero-order valence-electron chi connectivity index (χ0n) is 17.1. The van der Waals surface area contributed by atoms with Crippen molar-refractivity contribution in [2.24, 2.45) is 5.41 Å². The third kappa shape index (κ3) is 5.43. The lowest BCUT2D eigenvalue weighted by molar-refractivity contribution is 0.0512. The summed E-state index contributed by atoms with van der Waals surface area (Å²) in [5.74, 6) is -0.428. The number of piperidine rings is 1. The van der Waals surface area contributed by atoms with Crippen LogP contribution in [0.4, 0.5) is 5.69 Å². The SMILES string of the molecule is COCC1(CNC(=O)c2ccccc2NC(=O)c2cccc(C)c2)CCNCC1. The maximum absolute atomic E-state index is 12.9. The van der Waals surface area contributed by atoms with E-state index >= 15 is 0 Å². The number of ether oxygens (including phenoxy) is 1. The van der Waals surface area contributed by atoms with Crippen molar-refractivity contribution in [3.63, 3.8) is 0 Å². The van der Waals surface area contributed by atoms with Crippen molar-refractivity contribution < 1.29 is 14.3 Å². The molecule has 1 fully saturated rings. The van der Waals surface area contributed by atoms with E-state index in [1.54, 1.807) is 31.4 Å². The Kier molecular flexibility index (Phi) is 7.01. The number of aryl methyl sites for hydroxylation is 1. The molecule has 0 bridgehead atoms. The van der Waals surface area contributed by atoms with Crippen molar-refractivity contribution in [1.82, 2.24) is 10.6 Å².